The van der Waals surface area contributed by atoms with E-state index in [1.54, 1.807) is 12.3 Å². The minimum Gasteiger partial charge on any atom is -0.395 e. The van der Waals surface area contributed by atoms with Crippen LogP contribution >= 0.6 is 0 Å². The SMILES string of the molecule is N#Cc1ccnc(NC2CC=CCC2)c1N. The van der Waals surface area contributed by atoms with Gasteiger partial charge in [-0.05, 0) is 25.3 Å². The Morgan fingerprint density at radius 1 is 1.50 bits per heavy atom. The van der Waals surface area contributed by atoms with E-state index in [9.17, 15) is 0 Å². The number of rotatable bonds is 2. The monoisotopic (exact) mass is 214 g/mol. The van der Waals surface area contributed by atoms with Crippen molar-refractivity contribution in [1.29, 1.82) is 5.26 Å². The summed E-state index contributed by atoms with van der Waals surface area (Å²) in [6.07, 6.45) is 9.09. The number of hydrogen-bond acceptors (Lipinski definition) is 4. The maximum atomic E-state index is 8.85. The highest BCUT2D eigenvalue weighted by molar-refractivity contribution is 5.69. The third kappa shape index (κ3) is 2.14. The normalized spacial score (nSPS) is 19.1. The van der Waals surface area contributed by atoms with Crippen LogP contribution in [-0.4, -0.2) is 11.0 Å². The van der Waals surface area contributed by atoms with Crippen molar-refractivity contribution in [2.75, 3.05) is 11.1 Å². The second-order valence-corrected chi connectivity index (χ2v) is 3.86. The van der Waals surface area contributed by atoms with Gasteiger partial charge in [-0.3, -0.25) is 0 Å². The summed E-state index contributed by atoms with van der Waals surface area (Å²) in [6, 6.07) is 4.05. The van der Waals surface area contributed by atoms with Crippen LogP contribution in [0.1, 0.15) is 24.8 Å². The lowest BCUT2D eigenvalue weighted by molar-refractivity contribution is 0.642. The number of nitriles is 1. The van der Waals surface area contributed by atoms with E-state index in [4.69, 9.17) is 11.0 Å². The zero-order valence-corrected chi connectivity index (χ0v) is 8.98. The van der Waals surface area contributed by atoms with Crippen LogP contribution in [0.25, 0.3) is 0 Å². The average molecular weight is 214 g/mol. The highest BCUT2D eigenvalue weighted by atomic mass is 15.0. The molecule has 4 nitrogen and oxygen atoms in total. The standard InChI is InChI=1S/C12H14N4/c13-8-9-6-7-15-12(11(9)14)16-10-4-2-1-3-5-10/h1-2,6-7,10H,3-5,14H2,(H,15,16). The fourth-order valence-electron chi connectivity index (χ4n) is 1.80. The van der Waals surface area contributed by atoms with Crippen LogP contribution < -0.4 is 11.1 Å². The largest absolute Gasteiger partial charge is 0.395 e. The molecular weight excluding hydrogens is 200 g/mol. The van der Waals surface area contributed by atoms with E-state index in [-0.39, 0.29) is 0 Å². The quantitative estimate of drug-likeness (QED) is 0.739. The van der Waals surface area contributed by atoms with Gasteiger partial charge in [0.1, 0.15) is 6.07 Å². The summed E-state index contributed by atoms with van der Waals surface area (Å²) >= 11 is 0. The fraction of sp³-hybridized carbons (Fsp3) is 0.333. The number of anilines is 2. The maximum absolute atomic E-state index is 8.85. The zero-order valence-electron chi connectivity index (χ0n) is 8.98. The van der Waals surface area contributed by atoms with E-state index in [1.165, 1.54) is 0 Å². The summed E-state index contributed by atoms with van der Waals surface area (Å²) in [5.41, 5.74) is 6.77. The molecule has 0 aromatic carbocycles. The van der Waals surface area contributed by atoms with Crippen LogP contribution in [0.4, 0.5) is 11.5 Å². The summed E-state index contributed by atoms with van der Waals surface area (Å²) in [5, 5.41) is 12.1. The zero-order chi connectivity index (χ0) is 11.4. The molecule has 1 heterocycles. The molecule has 0 aliphatic heterocycles. The third-order valence-corrected chi connectivity index (χ3v) is 2.72. The topological polar surface area (TPSA) is 74.7 Å². The predicted molar refractivity (Wildman–Crippen MR) is 63.8 cm³/mol. The lowest BCUT2D eigenvalue weighted by Crippen LogP contribution is -2.21. The van der Waals surface area contributed by atoms with E-state index in [1.807, 2.05) is 0 Å². The highest BCUT2D eigenvalue weighted by Crippen LogP contribution is 2.22. The summed E-state index contributed by atoms with van der Waals surface area (Å²) in [7, 11) is 0. The van der Waals surface area contributed by atoms with E-state index < -0.39 is 0 Å². The van der Waals surface area contributed by atoms with Crippen LogP contribution in [-0.2, 0) is 0 Å². The number of aromatic nitrogens is 1. The van der Waals surface area contributed by atoms with Crippen LogP contribution in [0, 0.1) is 11.3 Å². The number of nitrogens with two attached hydrogens (primary N) is 1. The molecule has 1 aromatic heterocycles. The molecular formula is C12H14N4. The van der Waals surface area contributed by atoms with Gasteiger partial charge in [0, 0.05) is 12.2 Å². The molecule has 0 saturated heterocycles. The van der Waals surface area contributed by atoms with Gasteiger partial charge in [0.15, 0.2) is 5.82 Å². The Hall–Kier alpha value is -2.02. The minimum absolute atomic E-state index is 0.369. The van der Waals surface area contributed by atoms with Crippen molar-refractivity contribution >= 4 is 11.5 Å². The van der Waals surface area contributed by atoms with Crippen LogP contribution in [0.3, 0.4) is 0 Å². The summed E-state index contributed by atoms with van der Waals surface area (Å²) in [6.45, 7) is 0. The number of allylic oxidation sites excluding steroid dienone is 1. The van der Waals surface area contributed by atoms with Gasteiger partial charge < -0.3 is 11.1 Å². The van der Waals surface area contributed by atoms with Gasteiger partial charge in [0.25, 0.3) is 0 Å². The second kappa shape index (κ2) is 4.67. The molecule has 1 aliphatic carbocycles. The highest BCUT2D eigenvalue weighted by Gasteiger charge is 2.13. The lowest BCUT2D eigenvalue weighted by atomic mass is 10.0. The number of hydrogen-bond donors (Lipinski definition) is 2. The van der Waals surface area contributed by atoms with Crippen molar-refractivity contribution < 1.29 is 0 Å². The molecule has 0 radical (unpaired) electrons. The molecule has 0 fully saturated rings. The van der Waals surface area contributed by atoms with Crippen molar-refractivity contribution in [2.45, 2.75) is 25.3 Å². The predicted octanol–water partition coefficient (Wildman–Crippen LogP) is 2.06. The molecule has 0 bridgehead atoms. The fourth-order valence-corrected chi connectivity index (χ4v) is 1.80. The van der Waals surface area contributed by atoms with Gasteiger partial charge >= 0.3 is 0 Å². The molecule has 1 aromatic rings. The van der Waals surface area contributed by atoms with Crippen LogP contribution in [0.5, 0.6) is 0 Å². The molecule has 1 unspecified atom stereocenters. The van der Waals surface area contributed by atoms with Crippen LogP contribution in [0.15, 0.2) is 24.4 Å². The van der Waals surface area contributed by atoms with Crippen molar-refractivity contribution in [3.63, 3.8) is 0 Å². The number of nitrogens with zero attached hydrogens (tertiary/aromatic N) is 2. The molecule has 0 amide bonds. The van der Waals surface area contributed by atoms with E-state index >= 15 is 0 Å². The lowest BCUT2D eigenvalue weighted by Gasteiger charge is -2.20. The molecule has 1 aliphatic rings. The summed E-state index contributed by atoms with van der Waals surface area (Å²) in [5.74, 6) is 0.624. The van der Waals surface area contributed by atoms with E-state index in [2.05, 4.69) is 28.5 Å². The first-order chi connectivity index (χ1) is 7.81. The Kier molecular flexibility index (Phi) is 3.06. The molecule has 82 valence electrons. The minimum atomic E-state index is 0.369. The molecule has 1 atom stereocenters. The molecule has 3 N–H and O–H groups in total. The van der Waals surface area contributed by atoms with Gasteiger partial charge in [-0.1, -0.05) is 12.2 Å². The Bertz CT molecular complexity index is 445. The maximum Gasteiger partial charge on any atom is 0.150 e. The second-order valence-electron chi connectivity index (χ2n) is 3.86. The average Bonchev–Trinajstić information content (AvgIpc) is 2.33. The van der Waals surface area contributed by atoms with Gasteiger partial charge in [0.2, 0.25) is 0 Å². The number of nitrogens with one attached hydrogen (secondary N) is 1. The Balaban J connectivity index is 2.15. The molecule has 4 heteroatoms. The van der Waals surface area contributed by atoms with Gasteiger partial charge in [-0.2, -0.15) is 5.26 Å². The number of nitrogen functional groups attached to an aromatic ring is 1. The number of pyridine rings is 1. The smallest absolute Gasteiger partial charge is 0.150 e. The van der Waals surface area contributed by atoms with Crippen LogP contribution in [0.2, 0.25) is 0 Å². The third-order valence-electron chi connectivity index (χ3n) is 2.72. The Morgan fingerprint density at radius 2 is 2.38 bits per heavy atom. The molecule has 0 spiro atoms. The van der Waals surface area contributed by atoms with E-state index in [0.717, 1.165) is 19.3 Å². The van der Waals surface area contributed by atoms with Gasteiger partial charge in [-0.15, -0.1) is 0 Å². The van der Waals surface area contributed by atoms with Gasteiger partial charge in [0.05, 0.1) is 11.3 Å². The van der Waals surface area contributed by atoms with E-state index in [0.29, 0.717) is 23.1 Å². The first-order valence-corrected chi connectivity index (χ1v) is 5.37. The molecule has 0 saturated carbocycles. The van der Waals surface area contributed by atoms with Crippen molar-refractivity contribution in [3.05, 3.63) is 30.0 Å². The summed E-state index contributed by atoms with van der Waals surface area (Å²) in [4.78, 5) is 4.17. The first-order valence-electron chi connectivity index (χ1n) is 5.37. The summed E-state index contributed by atoms with van der Waals surface area (Å²) < 4.78 is 0. The molecule has 16 heavy (non-hydrogen) atoms. The van der Waals surface area contributed by atoms with Crippen molar-refractivity contribution in [1.82, 2.24) is 4.98 Å². The van der Waals surface area contributed by atoms with Crippen molar-refractivity contribution in [3.8, 4) is 6.07 Å². The molecule has 2 rings (SSSR count). The Morgan fingerprint density at radius 3 is 3.06 bits per heavy atom. The van der Waals surface area contributed by atoms with Crippen molar-refractivity contribution in [2.24, 2.45) is 0 Å². The Labute approximate surface area is 94.8 Å². The van der Waals surface area contributed by atoms with Gasteiger partial charge in [-0.25, -0.2) is 4.98 Å². The first kappa shape index (κ1) is 10.5.